The van der Waals surface area contributed by atoms with E-state index in [0.717, 1.165) is 0 Å². The van der Waals surface area contributed by atoms with E-state index in [1.165, 1.54) is 24.3 Å². The van der Waals surface area contributed by atoms with Crippen LogP contribution in [0, 0.1) is 0 Å². The van der Waals surface area contributed by atoms with Crippen LogP contribution in [0.25, 0.3) is 0 Å². The van der Waals surface area contributed by atoms with Crippen molar-refractivity contribution in [3.8, 4) is 0 Å². The Morgan fingerprint density at radius 1 is 1.12 bits per heavy atom. The fraction of sp³-hybridized carbons (Fsp3) is 0. The molecule has 1 aromatic rings. The van der Waals surface area contributed by atoms with Crippen molar-refractivity contribution >= 4 is 21.9 Å². The fourth-order valence-electron chi connectivity index (χ4n) is 0.972. The maximum absolute atomic E-state index is 11.6. The number of rotatable bonds is 4. The molecule has 0 unspecified atom stereocenters. The Kier molecular flexibility index (Phi) is 4.00. The number of nitrogens with one attached hydrogen (secondary N) is 1. The van der Waals surface area contributed by atoms with Gasteiger partial charge < -0.3 is 5.11 Å². The van der Waals surface area contributed by atoms with Gasteiger partial charge in [-0.25, -0.2) is 17.9 Å². The summed E-state index contributed by atoms with van der Waals surface area (Å²) in [6.07, 6.45) is 1.18. The van der Waals surface area contributed by atoms with Gasteiger partial charge in [0.1, 0.15) is 0 Å². The molecule has 0 fully saturated rings. The van der Waals surface area contributed by atoms with Crippen LogP contribution < -0.4 is 4.72 Å². The van der Waals surface area contributed by atoms with E-state index in [4.69, 9.17) is 5.11 Å². The molecular weight excluding hydrogens is 246 g/mol. The Bertz CT molecular complexity index is 547. The second-order valence-corrected chi connectivity index (χ2v) is 4.64. The van der Waals surface area contributed by atoms with E-state index in [-0.39, 0.29) is 4.90 Å². The number of aliphatic carboxylic acids is 1. The average molecular weight is 255 g/mol. The molecule has 0 aliphatic carbocycles. The van der Waals surface area contributed by atoms with Crippen molar-refractivity contribution < 1.29 is 23.1 Å². The van der Waals surface area contributed by atoms with Gasteiger partial charge in [0.15, 0.2) is 0 Å². The van der Waals surface area contributed by atoms with Crippen molar-refractivity contribution in [2.45, 2.75) is 4.90 Å². The second kappa shape index (κ2) is 5.26. The average Bonchev–Trinajstić information content (AvgIpc) is 2.27. The second-order valence-electron chi connectivity index (χ2n) is 2.95. The molecule has 17 heavy (non-hydrogen) atoms. The van der Waals surface area contributed by atoms with Gasteiger partial charge in [0, 0.05) is 12.2 Å². The Balaban J connectivity index is 2.82. The summed E-state index contributed by atoms with van der Waals surface area (Å²) in [5, 5.41) is 8.26. The molecule has 90 valence electrons. The van der Waals surface area contributed by atoms with Crippen LogP contribution in [0.5, 0.6) is 0 Å². The van der Waals surface area contributed by atoms with Gasteiger partial charge in [-0.3, -0.25) is 4.79 Å². The van der Waals surface area contributed by atoms with Crippen molar-refractivity contribution in [2.75, 3.05) is 0 Å². The van der Waals surface area contributed by atoms with Crippen LogP contribution in [0.4, 0.5) is 0 Å². The molecule has 1 amide bonds. The molecular formula is C10H9NO5S. The number of carboxylic acids is 1. The first-order valence-corrected chi connectivity index (χ1v) is 5.93. The predicted molar refractivity (Wildman–Crippen MR) is 58.5 cm³/mol. The predicted octanol–water partition coefficient (Wildman–Crippen LogP) is 0.132. The summed E-state index contributed by atoms with van der Waals surface area (Å²) in [6.45, 7) is 0. The zero-order valence-corrected chi connectivity index (χ0v) is 9.35. The zero-order valence-electron chi connectivity index (χ0n) is 8.53. The van der Waals surface area contributed by atoms with Crippen LogP contribution in [0.1, 0.15) is 0 Å². The van der Waals surface area contributed by atoms with Crippen LogP contribution in [0.3, 0.4) is 0 Å². The van der Waals surface area contributed by atoms with Gasteiger partial charge in [-0.1, -0.05) is 18.2 Å². The summed E-state index contributed by atoms with van der Waals surface area (Å²) in [5.74, 6) is -2.35. The first-order chi connectivity index (χ1) is 7.92. The number of benzene rings is 1. The lowest BCUT2D eigenvalue weighted by Gasteiger charge is -2.03. The van der Waals surface area contributed by atoms with Crippen LogP contribution in [0.15, 0.2) is 47.4 Å². The minimum atomic E-state index is -3.95. The minimum Gasteiger partial charge on any atom is -0.478 e. The number of sulfonamides is 1. The molecule has 0 saturated heterocycles. The lowest BCUT2D eigenvalue weighted by molar-refractivity contribution is -0.131. The van der Waals surface area contributed by atoms with Crippen molar-refractivity contribution in [2.24, 2.45) is 0 Å². The highest BCUT2D eigenvalue weighted by Crippen LogP contribution is 2.06. The van der Waals surface area contributed by atoms with Gasteiger partial charge in [-0.05, 0) is 12.1 Å². The Morgan fingerprint density at radius 2 is 1.71 bits per heavy atom. The number of hydrogen-bond donors (Lipinski definition) is 2. The third-order valence-electron chi connectivity index (χ3n) is 1.67. The topological polar surface area (TPSA) is 101 Å². The number of carboxylic acid groups (broad SMARTS) is 1. The fourth-order valence-corrected chi connectivity index (χ4v) is 1.94. The number of carbonyl (C=O) groups is 2. The summed E-state index contributed by atoms with van der Waals surface area (Å²) in [6, 6.07) is 7.27. The molecule has 0 saturated carbocycles. The Hall–Kier alpha value is -2.15. The lowest BCUT2D eigenvalue weighted by atomic mass is 10.4. The van der Waals surface area contributed by atoms with Gasteiger partial charge in [0.05, 0.1) is 4.90 Å². The summed E-state index contributed by atoms with van der Waals surface area (Å²) in [5.41, 5.74) is 0. The summed E-state index contributed by atoms with van der Waals surface area (Å²) in [7, 11) is -3.95. The lowest BCUT2D eigenvalue weighted by Crippen LogP contribution is -2.29. The normalized spacial score (nSPS) is 11.3. The van der Waals surface area contributed by atoms with Gasteiger partial charge in [0.2, 0.25) is 0 Å². The highest BCUT2D eigenvalue weighted by Gasteiger charge is 2.15. The first-order valence-electron chi connectivity index (χ1n) is 4.44. The van der Waals surface area contributed by atoms with E-state index in [2.05, 4.69) is 0 Å². The number of hydrogen-bond acceptors (Lipinski definition) is 4. The van der Waals surface area contributed by atoms with Crippen LogP contribution in [0.2, 0.25) is 0 Å². The molecule has 6 nitrogen and oxygen atoms in total. The Morgan fingerprint density at radius 3 is 2.24 bits per heavy atom. The van der Waals surface area contributed by atoms with E-state index < -0.39 is 21.9 Å². The monoisotopic (exact) mass is 255 g/mol. The quantitative estimate of drug-likeness (QED) is 0.745. The highest BCUT2D eigenvalue weighted by molar-refractivity contribution is 7.90. The molecule has 0 spiro atoms. The molecule has 0 bridgehead atoms. The van der Waals surface area contributed by atoms with Crippen molar-refractivity contribution in [3.63, 3.8) is 0 Å². The SMILES string of the molecule is O=C(O)/C=C/C(=O)NS(=O)(=O)c1ccccc1. The zero-order chi connectivity index (χ0) is 12.9. The molecule has 0 aromatic heterocycles. The van der Waals surface area contributed by atoms with Gasteiger partial charge >= 0.3 is 5.97 Å². The molecule has 1 aromatic carbocycles. The molecule has 1 rings (SSSR count). The van der Waals surface area contributed by atoms with E-state index in [1.54, 1.807) is 10.8 Å². The number of carbonyl (C=O) groups excluding carboxylic acids is 1. The van der Waals surface area contributed by atoms with Crippen molar-refractivity contribution in [1.29, 1.82) is 0 Å². The largest absolute Gasteiger partial charge is 0.478 e. The van der Waals surface area contributed by atoms with Gasteiger partial charge in [-0.2, -0.15) is 0 Å². The molecule has 0 aliphatic rings. The maximum atomic E-state index is 11.6. The van der Waals surface area contributed by atoms with E-state index in [1.807, 2.05) is 0 Å². The molecule has 0 atom stereocenters. The summed E-state index contributed by atoms with van der Waals surface area (Å²) in [4.78, 5) is 21.1. The van der Waals surface area contributed by atoms with E-state index in [9.17, 15) is 18.0 Å². The first kappa shape index (κ1) is 12.9. The Labute approximate surface area is 97.6 Å². The van der Waals surface area contributed by atoms with E-state index in [0.29, 0.717) is 12.2 Å². The van der Waals surface area contributed by atoms with E-state index >= 15 is 0 Å². The third kappa shape index (κ3) is 4.07. The summed E-state index contributed by atoms with van der Waals surface area (Å²) < 4.78 is 24.9. The number of amides is 1. The third-order valence-corrected chi connectivity index (χ3v) is 3.03. The standard InChI is InChI=1S/C10H9NO5S/c12-9(6-7-10(13)14)11-17(15,16)8-4-2-1-3-5-8/h1-7H,(H,11,12)(H,13,14)/b7-6+. The molecule has 0 radical (unpaired) electrons. The molecule has 7 heteroatoms. The van der Waals surface area contributed by atoms with Crippen LogP contribution in [-0.2, 0) is 19.6 Å². The maximum Gasteiger partial charge on any atom is 0.328 e. The van der Waals surface area contributed by atoms with Crippen LogP contribution >= 0.6 is 0 Å². The smallest absolute Gasteiger partial charge is 0.328 e. The minimum absolute atomic E-state index is 0.0722. The van der Waals surface area contributed by atoms with Crippen LogP contribution in [-0.4, -0.2) is 25.4 Å². The molecule has 2 N–H and O–H groups in total. The molecule has 0 heterocycles. The summed E-state index contributed by atoms with van der Waals surface area (Å²) >= 11 is 0. The molecule has 0 aliphatic heterocycles. The highest BCUT2D eigenvalue weighted by atomic mass is 32.2. The van der Waals surface area contributed by atoms with Gasteiger partial charge in [0.25, 0.3) is 15.9 Å². The van der Waals surface area contributed by atoms with Crippen molar-refractivity contribution in [1.82, 2.24) is 4.72 Å². The van der Waals surface area contributed by atoms with Gasteiger partial charge in [-0.15, -0.1) is 0 Å². The van der Waals surface area contributed by atoms with Crippen molar-refractivity contribution in [3.05, 3.63) is 42.5 Å².